The monoisotopic (exact) mass is 572 g/mol. The molecule has 2 aromatic carbocycles. The summed E-state index contributed by atoms with van der Waals surface area (Å²) in [4.78, 5) is 47.3. The summed E-state index contributed by atoms with van der Waals surface area (Å²) in [5, 5.41) is 0. The highest BCUT2D eigenvalue weighted by Gasteiger charge is 2.52. The van der Waals surface area contributed by atoms with Crippen LogP contribution in [0.4, 0.5) is 0 Å². The molecule has 11 heteroatoms. The molecule has 11 nitrogen and oxygen atoms in total. The Morgan fingerprint density at radius 3 is 2.02 bits per heavy atom. The molecule has 41 heavy (non-hydrogen) atoms. The lowest BCUT2D eigenvalue weighted by Crippen LogP contribution is -2.63. The van der Waals surface area contributed by atoms with Crippen LogP contribution in [0.25, 0.3) is 0 Å². The van der Waals surface area contributed by atoms with Crippen molar-refractivity contribution in [2.45, 2.75) is 78.4 Å². The molecule has 2 aromatic rings. The zero-order chi connectivity index (χ0) is 29.9. The largest absolute Gasteiger partial charge is 0.489 e. The van der Waals surface area contributed by atoms with Gasteiger partial charge in [-0.25, -0.2) is 0 Å². The first-order valence-electron chi connectivity index (χ1n) is 13.2. The minimum Gasteiger partial charge on any atom is -0.489 e. The van der Waals surface area contributed by atoms with Gasteiger partial charge in [-0.3, -0.25) is 19.2 Å². The summed E-state index contributed by atoms with van der Waals surface area (Å²) in [5.41, 5.74) is 2.97. The number of hydrogen-bond donors (Lipinski definition) is 0. The maximum atomic E-state index is 12.0. The van der Waals surface area contributed by atoms with Gasteiger partial charge in [-0.15, -0.1) is 0 Å². The normalized spacial score (nSPS) is 21.8. The molecule has 1 aliphatic heterocycles. The van der Waals surface area contributed by atoms with E-state index in [1.807, 2.05) is 55.5 Å². The van der Waals surface area contributed by atoms with E-state index in [1.54, 1.807) is 0 Å². The van der Waals surface area contributed by atoms with Crippen molar-refractivity contribution in [3.63, 3.8) is 0 Å². The first-order chi connectivity index (χ1) is 19.5. The van der Waals surface area contributed by atoms with E-state index in [2.05, 4.69) is 0 Å². The molecule has 0 N–H and O–H groups in total. The first-order valence-corrected chi connectivity index (χ1v) is 13.2. The molecule has 0 amide bonds. The zero-order valence-corrected chi connectivity index (χ0v) is 23.8. The summed E-state index contributed by atoms with van der Waals surface area (Å²) in [6.07, 6.45) is -5.64. The lowest BCUT2D eigenvalue weighted by atomic mass is 9.98. The van der Waals surface area contributed by atoms with Gasteiger partial charge in [0.2, 0.25) is 0 Å². The summed E-state index contributed by atoms with van der Waals surface area (Å²) in [5.74, 6) is -1.99. The average Bonchev–Trinajstić information content (AvgIpc) is 2.89. The van der Waals surface area contributed by atoms with E-state index in [0.29, 0.717) is 18.8 Å². The van der Waals surface area contributed by atoms with Crippen molar-refractivity contribution in [1.29, 1.82) is 0 Å². The molecule has 1 fully saturated rings. The SMILES string of the molecule is CC(=O)OC[C@H]1O[C@@H](OCCc2cc(C)cc(OCc3ccccc3)c2)[C@H](OC(C)=O)[C@@H](OC(C)=O)[C@@H]1OC(C)=O. The zero-order valence-electron chi connectivity index (χ0n) is 23.8. The molecular weight excluding hydrogens is 536 g/mol. The highest BCUT2D eigenvalue weighted by molar-refractivity contribution is 5.68. The molecule has 0 aromatic heterocycles. The number of carbonyl (C=O) groups is 4. The third kappa shape index (κ3) is 10.2. The highest BCUT2D eigenvalue weighted by Crippen LogP contribution is 2.30. The molecular formula is C30H36O11. The number of aryl methyl sites for hydroxylation is 1. The van der Waals surface area contributed by atoms with Crippen molar-refractivity contribution in [3.05, 3.63) is 65.2 Å². The minimum absolute atomic E-state index is 0.120. The second kappa shape index (κ2) is 15.2. The van der Waals surface area contributed by atoms with Gasteiger partial charge in [0.05, 0.1) is 6.61 Å². The van der Waals surface area contributed by atoms with E-state index in [1.165, 1.54) is 13.8 Å². The molecule has 1 heterocycles. The molecule has 0 spiro atoms. The average molecular weight is 573 g/mol. The van der Waals surface area contributed by atoms with Crippen LogP contribution in [0, 0.1) is 6.92 Å². The van der Waals surface area contributed by atoms with Crippen molar-refractivity contribution >= 4 is 23.9 Å². The number of ether oxygens (including phenoxy) is 7. The van der Waals surface area contributed by atoms with Gasteiger partial charge in [-0.05, 0) is 42.2 Å². The molecule has 0 radical (unpaired) electrons. The second-order valence-corrected chi connectivity index (χ2v) is 9.62. The number of hydrogen-bond acceptors (Lipinski definition) is 11. The Balaban J connectivity index is 1.76. The third-order valence-electron chi connectivity index (χ3n) is 5.98. The van der Waals surface area contributed by atoms with Gasteiger partial charge in [0.25, 0.3) is 0 Å². The Morgan fingerprint density at radius 2 is 1.39 bits per heavy atom. The van der Waals surface area contributed by atoms with Crippen LogP contribution in [0.2, 0.25) is 0 Å². The van der Waals surface area contributed by atoms with Crippen molar-refractivity contribution in [2.75, 3.05) is 13.2 Å². The fraction of sp³-hybridized carbons (Fsp3) is 0.467. The van der Waals surface area contributed by atoms with Gasteiger partial charge >= 0.3 is 23.9 Å². The van der Waals surface area contributed by atoms with E-state index in [0.717, 1.165) is 30.5 Å². The van der Waals surface area contributed by atoms with Crippen molar-refractivity contribution in [3.8, 4) is 5.75 Å². The lowest BCUT2D eigenvalue weighted by Gasteiger charge is -2.44. The van der Waals surface area contributed by atoms with Crippen LogP contribution in [0.3, 0.4) is 0 Å². The van der Waals surface area contributed by atoms with E-state index in [9.17, 15) is 19.2 Å². The summed E-state index contributed by atoms with van der Waals surface area (Å²) in [6, 6.07) is 15.7. The highest BCUT2D eigenvalue weighted by atomic mass is 16.7. The van der Waals surface area contributed by atoms with E-state index in [-0.39, 0.29) is 13.2 Å². The van der Waals surface area contributed by atoms with Gasteiger partial charge < -0.3 is 33.2 Å². The number of esters is 4. The van der Waals surface area contributed by atoms with Gasteiger partial charge in [0, 0.05) is 27.7 Å². The van der Waals surface area contributed by atoms with Crippen molar-refractivity contribution in [1.82, 2.24) is 0 Å². The van der Waals surface area contributed by atoms with Crippen LogP contribution in [-0.2, 0) is 60.6 Å². The Kier molecular flexibility index (Phi) is 11.7. The topological polar surface area (TPSA) is 133 Å². The Hall–Kier alpha value is -3.96. The van der Waals surface area contributed by atoms with E-state index in [4.69, 9.17) is 33.2 Å². The molecule has 0 saturated carbocycles. The Labute approximate surface area is 238 Å². The number of rotatable bonds is 12. The standard InChI is InChI=1S/C30H36O11/c1-18-13-24(15-25(14-18)37-16-23-9-7-6-8-10-23)11-12-35-30-29(40-22(5)34)28(39-21(4)33)27(38-20(3)32)26(41-30)17-36-19(2)31/h6-10,13-15,26-30H,11-12,16-17H2,1-5H3/t26-,27-,28+,29-,30-/m1/s1. The van der Waals surface area contributed by atoms with Gasteiger partial charge in [-0.1, -0.05) is 36.4 Å². The summed E-state index contributed by atoms with van der Waals surface area (Å²) >= 11 is 0. The summed E-state index contributed by atoms with van der Waals surface area (Å²) in [7, 11) is 0. The maximum absolute atomic E-state index is 12.0. The number of benzene rings is 2. The van der Waals surface area contributed by atoms with Crippen LogP contribution in [-0.4, -0.2) is 67.8 Å². The van der Waals surface area contributed by atoms with Gasteiger partial charge in [-0.2, -0.15) is 0 Å². The van der Waals surface area contributed by atoms with Crippen molar-refractivity contribution in [2.24, 2.45) is 0 Å². The van der Waals surface area contributed by atoms with Crippen LogP contribution in [0.1, 0.15) is 44.4 Å². The number of carbonyl (C=O) groups excluding carboxylic acids is 4. The molecule has 0 aliphatic carbocycles. The van der Waals surface area contributed by atoms with Crippen molar-refractivity contribution < 1.29 is 52.3 Å². The third-order valence-corrected chi connectivity index (χ3v) is 5.98. The van der Waals surface area contributed by atoms with Crippen LogP contribution in [0.5, 0.6) is 5.75 Å². The van der Waals surface area contributed by atoms with Gasteiger partial charge in [0.1, 0.15) is 25.1 Å². The predicted molar refractivity (Wildman–Crippen MR) is 144 cm³/mol. The van der Waals surface area contributed by atoms with Crippen LogP contribution in [0.15, 0.2) is 48.5 Å². The van der Waals surface area contributed by atoms with Gasteiger partial charge in [0.15, 0.2) is 24.6 Å². The van der Waals surface area contributed by atoms with E-state index >= 15 is 0 Å². The minimum atomic E-state index is -1.28. The molecule has 5 atom stereocenters. The molecule has 222 valence electrons. The lowest BCUT2D eigenvalue weighted by molar-refractivity contribution is -0.307. The summed E-state index contributed by atoms with van der Waals surface area (Å²) < 4.78 is 39.3. The molecule has 3 rings (SSSR count). The Morgan fingerprint density at radius 1 is 0.756 bits per heavy atom. The molecule has 1 saturated heterocycles. The molecule has 1 aliphatic rings. The molecule has 0 bridgehead atoms. The molecule has 0 unspecified atom stereocenters. The van der Waals surface area contributed by atoms with Crippen LogP contribution < -0.4 is 4.74 Å². The maximum Gasteiger partial charge on any atom is 0.303 e. The second-order valence-electron chi connectivity index (χ2n) is 9.62. The first kappa shape index (κ1) is 31.6. The quantitative estimate of drug-likeness (QED) is 0.274. The fourth-order valence-electron chi connectivity index (χ4n) is 4.41. The van der Waals surface area contributed by atoms with Crippen LogP contribution >= 0.6 is 0 Å². The predicted octanol–water partition coefficient (Wildman–Crippen LogP) is 3.22. The summed E-state index contributed by atoms with van der Waals surface area (Å²) in [6.45, 7) is 6.89. The Bertz CT molecular complexity index is 1200. The fourth-order valence-corrected chi connectivity index (χ4v) is 4.41. The van der Waals surface area contributed by atoms with E-state index < -0.39 is 54.6 Å². The smallest absolute Gasteiger partial charge is 0.303 e.